The molecule has 0 bridgehead atoms. The van der Waals surface area contributed by atoms with Gasteiger partial charge in [-0.3, -0.25) is 4.68 Å². The SMILES string of the molecule is CC[C@@H](C)n1ccc(NCc2cccc(OC)c2)n1. The number of benzene rings is 1. The Kier molecular flexibility index (Phi) is 4.44. The monoisotopic (exact) mass is 259 g/mol. The Morgan fingerprint density at radius 1 is 1.37 bits per heavy atom. The van der Waals surface area contributed by atoms with Crippen molar-refractivity contribution in [1.29, 1.82) is 0 Å². The van der Waals surface area contributed by atoms with Crippen LogP contribution in [0.25, 0.3) is 0 Å². The van der Waals surface area contributed by atoms with Crippen LogP contribution in [0, 0.1) is 0 Å². The Morgan fingerprint density at radius 2 is 2.21 bits per heavy atom. The van der Waals surface area contributed by atoms with E-state index < -0.39 is 0 Å². The summed E-state index contributed by atoms with van der Waals surface area (Å²) >= 11 is 0. The number of anilines is 1. The van der Waals surface area contributed by atoms with Crippen molar-refractivity contribution in [2.45, 2.75) is 32.9 Å². The van der Waals surface area contributed by atoms with Gasteiger partial charge in [0, 0.05) is 24.8 Å². The summed E-state index contributed by atoms with van der Waals surface area (Å²) in [7, 11) is 1.68. The molecule has 1 aromatic carbocycles. The van der Waals surface area contributed by atoms with Crippen molar-refractivity contribution in [3.63, 3.8) is 0 Å². The van der Waals surface area contributed by atoms with Crippen LogP contribution >= 0.6 is 0 Å². The van der Waals surface area contributed by atoms with Gasteiger partial charge in [0.15, 0.2) is 0 Å². The van der Waals surface area contributed by atoms with Gasteiger partial charge in [0.25, 0.3) is 0 Å². The Labute approximate surface area is 114 Å². The molecule has 1 N–H and O–H groups in total. The van der Waals surface area contributed by atoms with Gasteiger partial charge in [-0.25, -0.2) is 0 Å². The van der Waals surface area contributed by atoms with Gasteiger partial charge in [0.05, 0.1) is 7.11 Å². The third-order valence-corrected chi connectivity index (χ3v) is 3.26. The second kappa shape index (κ2) is 6.27. The number of nitrogens with one attached hydrogen (secondary N) is 1. The third-order valence-electron chi connectivity index (χ3n) is 3.26. The smallest absolute Gasteiger partial charge is 0.148 e. The molecule has 2 aromatic rings. The first-order chi connectivity index (χ1) is 9.22. The molecule has 0 aliphatic heterocycles. The van der Waals surface area contributed by atoms with Gasteiger partial charge >= 0.3 is 0 Å². The van der Waals surface area contributed by atoms with Crippen LogP contribution in [0.1, 0.15) is 31.9 Å². The summed E-state index contributed by atoms with van der Waals surface area (Å²) in [5.41, 5.74) is 1.18. The van der Waals surface area contributed by atoms with Crippen LogP contribution in [-0.4, -0.2) is 16.9 Å². The lowest BCUT2D eigenvalue weighted by Crippen LogP contribution is -2.06. The fraction of sp³-hybridized carbons (Fsp3) is 0.400. The molecule has 102 valence electrons. The van der Waals surface area contributed by atoms with Crippen molar-refractivity contribution in [2.24, 2.45) is 0 Å². The lowest BCUT2D eigenvalue weighted by atomic mass is 10.2. The molecule has 4 heteroatoms. The molecule has 0 aliphatic rings. The topological polar surface area (TPSA) is 39.1 Å². The summed E-state index contributed by atoms with van der Waals surface area (Å²) in [5, 5.41) is 7.84. The van der Waals surface area contributed by atoms with Crippen LogP contribution in [0.2, 0.25) is 0 Å². The first-order valence-corrected chi connectivity index (χ1v) is 6.65. The first kappa shape index (κ1) is 13.5. The third kappa shape index (κ3) is 3.50. The molecule has 0 aliphatic carbocycles. The van der Waals surface area contributed by atoms with E-state index in [9.17, 15) is 0 Å². The molecule has 0 fully saturated rings. The lowest BCUT2D eigenvalue weighted by Gasteiger charge is -2.09. The van der Waals surface area contributed by atoms with Crippen LogP contribution < -0.4 is 10.1 Å². The molecule has 1 atom stereocenters. The Hall–Kier alpha value is -1.97. The van der Waals surface area contributed by atoms with E-state index in [1.165, 1.54) is 5.56 Å². The number of hydrogen-bond acceptors (Lipinski definition) is 3. The van der Waals surface area contributed by atoms with Gasteiger partial charge < -0.3 is 10.1 Å². The predicted octanol–water partition coefficient (Wildman–Crippen LogP) is 3.47. The highest BCUT2D eigenvalue weighted by Gasteiger charge is 2.04. The van der Waals surface area contributed by atoms with Crippen LogP contribution in [-0.2, 0) is 6.54 Å². The maximum atomic E-state index is 5.21. The molecule has 0 saturated carbocycles. The van der Waals surface area contributed by atoms with Crippen LogP contribution in [0.15, 0.2) is 36.5 Å². The standard InChI is InChI=1S/C15H21N3O/c1-4-12(2)18-9-8-15(17-18)16-11-13-6-5-7-14(10-13)19-3/h5-10,12H,4,11H2,1-3H3,(H,16,17)/t12-/m1/s1. The summed E-state index contributed by atoms with van der Waals surface area (Å²) in [6.07, 6.45) is 3.10. The van der Waals surface area contributed by atoms with Crippen molar-refractivity contribution >= 4 is 5.82 Å². The van der Waals surface area contributed by atoms with E-state index in [0.29, 0.717) is 6.04 Å². The Morgan fingerprint density at radius 3 is 2.95 bits per heavy atom. The fourth-order valence-corrected chi connectivity index (χ4v) is 1.84. The van der Waals surface area contributed by atoms with E-state index in [1.54, 1.807) is 7.11 Å². The summed E-state index contributed by atoms with van der Waals surface area (Å²) in [6.45, 7) is 5.07. The van der Waals surface area contributed by atoms with Crippen molar-refractivity contribution < 1.29 is 4.74 Å². The molecule has 0 unspecified atom stereocenters. The molecule has 4 nitrogen and oxygen atoms in total. The Balaban J connectivity index is 1.96. The molecule has 19 heavy (non-hydrogen) atoms. The van der Waals surface area contributed by atoms with Crippen molar-refractivity contribution in [2.75, 3.05) is 12.4 Å². The van der Waals surface area contributed by atoms with E-state index in [2.05, 4.69) is 30.3 Å². The molecule has 2 rings (SSSR count). The molecule has 0 radical (unpaired) electrons. The number of nitrogens with zero attached hydrogens (tertiary/aromatic N) is 2. The van der Waals surface area contributed by atoms with Crippen LogP contribution in [0.3, 0.4) is 0 Å². The van der Waals surface area contributed by atoms with Gasteiger partial charge in [0.1, 0.15) is 11.6 Å². The highest BCUT2D eigenvalue weighted by Crippen LogP contribution is 2.15. The fourth-order valence-electron chi connectivity index (χ4n) is 1.84. The minimum Gasteiger partial charge on any atom is -0.497 e. The number of ether oxygens (including phenoxy) is 1. The molecule has 0 spiro atoms. The van der Waals surface area contributed by atoms with E-state index >= 15 is 0 Å². The normalized spacial score (nSPS) is 12.2. The Bertz CT molecular complexity index is 522. The van der Waals surface area contributed by atoms with Gasteiger partial charge in [0.2, 0.25) is 0 Å². The molecule has 0 saturated heterocycles. The number of rotatable bonds is 6. The van der Waals surface area contributed by atoms with Crippen LogP contribution in [0.5, 0.6) is 5.75 Å². The van der Waals surface area contributed by atoms with Crippen LogP contribution in [0.4, 0.5) is 5.82 Å². The largest absolute Gasteiger partial charge is 0.497 e. The summed E-state index contributed by atoms with van der Waals surface area (Å²) in [4.78, 5) is 0. The average Bonchev–Trinajstić information content (AvgIpc) is 2.93. The minimum atomic E-state index is 0.437. The van der Waals surface area contributed by atoms with Crippen molar-refractivity contribution in [1.82, 2.24) is 9.78 Å². The number of methoxy groups -OCH3 is 1. The second-order valence-electron chi connectivity index (χ2n) is 4.64. The summed E-state index contributed by atoms with van der Waals surface area (Å²) < 4.78 is 7.20. The van der Waals surface area contributed by atoms with Gasteiger partial charge in [-0.1, -0.05) is 19.1 Å². The summed E-state index contributed by atoms with van der Waals surface area (Å²) in [6, 6.07) is 10.5. The first-order valence-electron chi connectivity index (χ1n) is 6.65. The molecule has 1 heterocycles. The van der Waals surface area contributed by atoms with E-state index in [1.807, 2.05) is 35.1 Å². The highest BCUT2D eigenvalue weighted by atomic mass is 16.5. The average molecular weight is 259 g/mol. The molecule has 1 aromatic heterocycles. The molecular weight excluding hydrogens is 238 g/mol. The van der Waals surface area contributed by atoms with E-state index in [0.717, 1.165) is 24.5 Å². The van der Waals surface area contributed by atoms with E-state index in [4.69, 9.17) is 4.74 Å². The van der Waals surface area contributed by atoms with E-state index in [-0.39, 0.29) is 0 Å². The maximum absolute atomic E-state index is 5.21. The zero-order valence-electron chi connectivity index (χ0n) is 11.8. The zero-order chi connectivity index (χ0) is 13.7. The van der Waals surface area contributed by atoms with Gasteiger partial charge in [-0.15, -0.1) is 0 Å². The second-order valence-corrected chi connectivity index (χ2v) is 4.64. The highest BCUT2D eigenvalue weighted by molar-refractivity contribution is 5.36. The number of aromatic nitrogens is 2. The predicted molar refractivity (Wildman–Crippen MR) is 77.5 cm³/mol. The van der Waals surface area contributed by atoms with Crippen molar-refractivity contribution in [3.05, 3.63) is 42.1 Å². The molecular formula is C15H21N3O. The maximum Gasteiger partial charge on any atom is 0.148 e. The zero-order valence-corrected chi connectivity index (χ0v) is 11.8. The lowest BCUT2D eigenvalue weighted by molar-refractivity contribution is 0.414. The quantitative estimate of drug-likeness (QED) is 0.863. The molecule has 0 amide bonds. The van der Waals surface area contributed by atoms with Gasteiger partial charge in [-0.2, -0.15) is 5.10 Å². The summed E-state index contributed by atoms with van der Waals surface area (Å²) in [5.74, 6) is 1.78. The van der Waals surface area contributed by atoms with Crippen molar-refractivity contribution in [3.8, 4) is 5.75 Å². The number of hydrogen-bond donors (Lipinski definition) is 1. The minimum absolute atomic E-state index is 0.437. The van der Waals surface area contributed by atoms with Gasteiger partial charge in [-0.05, 0) is 31.0 Å².